The molecule has 104 valence electrons. The zero-order chi connectivity index (χ0) is 14.3. The van der Waals surface area contributed by atoms with E-state index in [2.05, 4.69) is 17.0 Å². The highest BCUT2D eigenvalue weighted by molar-refractivity contribution is 5.80. The van der Waals surface area contributed by atoms with Gasteiger partial charge in [-0.25, -0.2) is 4.79 Å². The summed E-state index contributed by atoms with van der Waals surface area (Å²) in [6.07, 6.45) is 3.81. The van der Waals surface area contributed by atoms with Gasteiger partial charge in [0.25, 0.3) is 0 Å². The summed E-state index contributed by atoms with van der Waals surface area (Å²) in [6, 6.07) is 1.45. The Kier molecular flexibility index (Phi) is 5.59. The highest BCUT2D eigenvalue weighted by atomic mass is 16.4. The van der Waals surface area contributed by atoms with Crippen LogP contribution >= 0.6 is 0 Å². The standard InChI is InChI=1S/C12H18N4O3/c1-3-8-16(9-11(17)18)12(19)13-6-4-10-5-7-14-15(10)2/h3,5,7H,1,4,6,8-9H2,2H3,(H,13,19)(H,17,18). The summed E-state index contributed by atoms with van der Waals surface area (Å²) >= 11 is 0. The normalized spacial score (nSPS) is 9.95. The number of hydrogen-bond acceptors (Lipinski definition) is 3. The lowest BCUT2D eigenvalue weighted by Crippen LogP contribution is -2.43. The molecular weight excluding hydrogens is 248 g/mol. The van der Waals surface area contributed by atoms with Gasteiger partial charge in [-0.3, -0.25) is 9.48 Å². The second-order valence-corrected chi connectivity index (χ2v) is 3.99. The van der Waals surface area contributed by atoms with Gasteiger partial charge in [0.15, 0.2) is 0 Å². The summed E-state index contributed by atoms with van der Waals surface area (Å²) in [7, 11) is 1.82. The number of urea groups is 1. The van der Waals surface area contributed by atoms with E-state index in [0.29, 0.717) is 13.0 Å². The Hall–Kier alpha value is -2.31. The van der Waals surface area contributed by atoms with Crippen LogP contribution < -0.4 is 5.32 Å². The number of nitrogens with zero attached hydrogens (tertiary/aromatic N) is 3. The molecule has 1 aromatic heterocycles. The molecule has 0 bridgehead atoms. The molecule has 0 spiro atoms. The van der Waals surface area contributed by atoms with Gasteiger partial charge < -0.3 is 15.3 Å². The molecule has 0 aromatic carbocycles. The highest BCUT2D eigenvalue weighted by Crippen LogP contribution is 1.97. The van der Waals surface area contributed by atoms with E-state index >= 15 is 0 Å². The van der Waals surface area contributed by atoms with E-state index in [9.17, 15) is 9.59 Å². The molecule has 7 heteroatoms. The molecule has 19 heavy (non-hydrogen) atoms. The van der Waals surface area contributed by atoms with Crippen LogP contribution in [0, 0.1) is 0 Å². The van der Waals surface area contributed by atoms with Crippen molar-refractivity contribution in [3.63, 3.8) is 0 Å². The molecule has 0 unspecified atom stereocenters. The number of carboxylic acid groups (broad SMARTS) is 1. The molecule has 0 fully saturated rings. The molecule has 1 aromatic rings. The minimum absolute atomic E-state index is 0.198. The first kappa shape index (κ1) is 14.7. The van der Waals surface area contributed by atoms with E-state index < -0.39 is 12.0 Å². The van der Waals surface area contributed by atoms with Crippen molar-refractivity contribution in [2.75, 3.05) is 19.6 Å². The van der Waals surface area contributed by atoms with E-state index in [1.165, 1.54) is 11.0 Å². The van der Waals surface area contributed by atoms with Gasteiger partial charge in [-0.05, 0) is 6.07 Å². The average molecular weight is 266 g/mol. The molecule has 7 nitrogen and oxygen atoms in total. The van der Waals surface area contributed by atoms with Gasteiger partial charge in [-0.2, -0.15) is 5.10 Å². The SMILES string of the molecule is C=CCN(CC(=O)O)C(=O)NCCc1ccnn1C. The lowest BCUT2D eigenvalue weighted by atomic mass is 10.3. The second kappa shape index (κ2) is 7.20. The number of carbonyl (C=O) groups is 2. The minimum Gasteiger partial charge on any atom is -0.480 e. The van der Waals surface area contributed by atoms with Gasteiger partial charge in [0, 0.05) is 38.4 Å². The molecule has 0 aliphatic heterocycles. The largest absolute Gasteiger partial charge is 0.480 e. The number of hydrogen-bond donors (Lipinski definition) is 2. The third-order valence-electron chi connectivity index (χ3n) is 2.54. The molecule has 1 heterocycles. The fraction of sp³-hybridized carbons (Fsp3) is 0.417. The van der Waals surface area contributed by atoms with Crippen molar-refractivity contribution in [3.05, 3.63) is 30.6 Å². The quantitative estimate of drug-likeness (QED) is 0.692. The van der Waals surface area contributed by atoms with Crippen LogP contribution in [0.2, 0.25) is 0 Å². The maximum Gasteiger partial charge on any atom is 0.323 e. The van der Waals surface area contributed by atoms with E-state index in [-0.39, 0.29) is 13.1 Å². The number of rotatable bonds is 7. The molecule has 0 atom stereocenters. The van der Waals surface area contributed by atoms with Crippen LogP contribution in [0.5, 0.6) is 0 Å². The van der Waals surface area contributed by atoms with Crippen molar-refractivity contribution in [2.45, 2.75) is 6.42 Å². The van der Waals surface area contributed by atoms with Gasteiger partial charge in [0.05, 0.1) is 0 Å². The monoisotopic (exact) mass is 266 g/mol. The van der Waals surface area contributed by atoms with E-state index in [4.69, 9.17) is 5.11 Å². The molecule has 0 radical (unpaired) electrons. The number of carboxylic acids is 1. The highest BCUT2D eigenvalue weighted by Gasteiger charge is 2.14. The molecule has 0 saturated carbocycles. The molecule has 1 rings (SSSR count). The van der Waals surface area contributed by atoms with Crippen molar-refractivity contribution >= 4 is 12.0 Å². The summed E-state index contributed by atoms with van der Waals surface area (Å²) in [5.74, 6) is -1.05. The molecule has 0 saturated heterocycles. The Balaban J connectivity index is 2.41. The number of aryl methyl sites for hydroxylation is 1. The Morgan fingerprint density at radius 1 is 1.63 bits per heavy atom. The van der Waals surface area contributed by atoms with Crippen LogP contribution in [0.4, 0.5) is 4.79 Å². The molecule has 0 aliphatic rings. The summed E-state index contributed by atoms with van der Waals surface area (Å²) in [5.41, 5.74) is 0.994. The number of nitrogens with one attached hydrogen (secondary N) is 1. The summed E-state index contributed by atoms with van der Waals surface area (Å²) in [4.78, 5) is 23.6. The molecule has 2 amide bonds. The fourth-order valence-corrected chi connectivity index (χ4v) is 1.59. The second-order valence-electron chi connectivity index (χ2n) is 3.99. The van der Waals surface area contributed by atoms with Crippen LogP contribution in [-0.2, 0) is 18.3 Å². The molecular formula is C12H18N4O3. The molecule has 0 aliphatic carbocycles. The predicted molar refractivity (Wildman–Crippen MR) is 69.7 cm³/mol. The summed E-state index contributed by atoms with van der Waals surface area (Å²) < 4.78 is 1.73. The average Bonchev–Trinajstić information content (AvgIpc) is 2.74. The minimum atomic E-state index is -1.05. The predicted octanol–water partition coefficient (Wildman–Crippen LogP) is 0.245. The Labute approximate surface area is 111 Å². The van der Waals surface area contributed by atoms with Crippen molar-refractivity contribution in [1.82, 2.24) is 20.0 Å². The van der Waals surface area contributed by atoms with Gasteiger partial charge in [-0.15, -0.1) is 6.58 Å². The van der Waals surface area contributed by atoms with Gasteiger partial charge in [0.1, 0.15) is 6.54 Å². The van der Waals surface area contributed by atoms with Crippen LogP contribution in [0.15, 0.2) is 24.9 Å². The number of carbonyl (C=O) groups excluding carboxylic acids is 1. The van der Waals surface area contributed by atoms with Crippen molar-refractivity contribution < 1.29 is 14.7 Å². The van der Waals surface area contributed by atoms with Gasteiger partial charge in [0.2, 0.25) is 0 Å². The summed E-state index contributed by atoms with van der Waals surface area (Å²) in [5, 5.41) is 15.4. The van der Waals surface area contributed by atoms with E-state index in [0.717, 1.165) is 5.69 Å². The number of amides is 2. The van der Waals surface area contributed by atoms with E-state index in [1.807, 2.05) is 13.1 Å². The van der Waals surface area contributed by atoms with Crippen molar-refractivity contribution in [2.24, 2.45) is 7.05 Å². The first-order chi connectivity index (χ1) is 9.04. The Morgan fingerprint density at radius 2 is 2.37 bits per heavy atom. The first-order valence-corrected chi connectivity index (χ1v) is 5.87. The zero-order valence-electron chi connectivity index (χ0n) is 10.9. The van der Waals surface area contributed by atoms with Gasteiger partial charge >= 0.3 is 12.0 Å². The van der Waals surface area contributed by atoms with Crippen LogP contribution in [0.1, 0.15) is 5.69 Å². The van der Waals surface area contributed by atoms with Crippen LogP contribution in [0.3, 0.4) is 0 Å². The maximum atomic E-state index is 11.8. The van der Waals surface area contributed by atoms with Crippen LogP contribution in [0.25, 0.3) is 0 Å². The Morgan fingerprint density at radius 3 is 2.89 bits per heavy atom. The molecule has 2 N–H and O–H groups in total. The topological polar surface area (TPSA) is 87.5 Å². The number of aliphatic carboxylic acids is 1. The number of aromatic nitrogens is 2. The van der Waals surface area contributed by atoms with E-state index in [1.54, 1.807) is 10.9 Å². The van der Waals surface area contributed by atoms with Gasteiger partial charge in [-0.1, -0.05) is 6.08 Å². The van der Waals surface area contributed by atoms with Crippen molar-refractivity contribution in [3.8, 4) is 0 Å². The van der Waals surface area contributed by atoms with Crippen molar-refractivity contribution in [1.29, 1.82) is 0 Å². The third-order valence-corrected chi connectivity index (χ3v) is 2.54. The third kappa shape index (κ3) is 4.82. The maximum absolute atomic E-state index is 11.8. The summed E-state index contributed by atoms with van der Waals surface area (Å²) in [6.45, 7) is 3.77. The lowest BCUT2D eigenvalue weighted by Gasteiger charge is -2.19. The Bertz CT molecular complexity index is 456. The fourth-order valence-electron chi connectivity index (χ4n) is 1.59. The zero-order valence-corrected chi connectivity index (χ0v) is 10.9. The smallest absolute Gasteiger partial charge is 0.323 e. The lowest BCUT2D eigenvalue weighted by molar-refractivity contribution is -0.137. The first-order valence-electron chi connectivity index (χ1n) is 5.87. The van der Waals surface area contributed by atoms with Crippen LogP contribution in [-0.4, -0.2) is 51.4 Å².